The molecular formula is C19H19Cl2FN2O2. The molecule has 0 aromatic heterocycles. The first-order valence-electron chi connectivity index (χ1n) is 7.99. The number of hydrogen-bond acceptors (Lipinski definition) is 2. The Hall–Kier alpha value is -2.11. The third-order valence-electron chi connectivity index (χ3n) is 3.91. The number of halogens is 3. The van der Waals surface area contributed by atoms with E-state index in [2.05, 4.69) is 10.6 Å². The molecule has 2 rings (SSSR count). The van der Waals surface area contributed by atoms with Gasteiger partial charge in [-0.05, 0) is 56.2 Å². The number of nitrogens with one attached hydrogen (secondary N) is 2. The van der Waals surface area contributed by atoms with Gasteiger partial charge >= 0.3 is 0 Å². The van der Waals surface area contributed by atoms with Crippen molar-refractivity contribution >= 4 is 40.7 Å². The second-order valence-corrected chi connectivity index (χ2v) is 7.17. The van der Waals surface area contributed by atoms with Crippen LogP contribution in [0.2, 0.25) is 10.0 Å². The summed E-state index contributed by atoms with van der Waals surface area (Å²) in [5.74, 6) is -1.42. The summed E-state index contributed by atoms with van der Waals surface area (Å²) >= 11 is 11.9. The highest BCUT2D eigenvalue weighted by Gasteiger charge is 2.35. The summed E-state index contributed by atoms with van der Waals surface area (Å²) in [6, 6.07) is 10.6. The van der Waals surface area contributed by atoms with E-state index in [1.165, 1.54) is 32.0 Å². The summed E-state index contributed by atoms with van der Waals surface area (Å²) in [7, 11) is 0. The van der Waals surface area contributed by atoms with Crippen LogP contribution in [0.25, 0.3) is 0 Å². The molecule has 0 aliphatic carbocycles. The fourth-order valence-electron chi connectivity index (χ4n) is 2.21. The van der Waals surface area contributed by atoms with Gasteiger partial charge in [-0.25, -0.2) is 4.39 Å². The van der Waals surface area contributed by atoms with Gasteiger partial charge in [0, 0.05) is 22.3 Å². The molecule has 0 bridgehead atoms. The number of amides is 2. The Kier molecular flexibility index (Phi) is 6.62. The van der Waals surface area contributed by atoms with Crippen LogP contribution in [0.4, 0.5) is 10.1 Å². The first-order valence-corrected chi connectivity index (χ1v) is 8.75. The predicted octanol–water partition coefficient (Wildman–Crippen LogP) is 4.46. The molecule has 2 N–H and O–H groups in total. The van der Waals surface area contributed by atoms with Crippen LogP contribution < -0.4 is 10.6 Å². The molecule has 0 fully saturated rings. The van der Waals surface area contributed by atoms with Crippen LogP contribution in [0.5, 0.6) is 0 Å². The Morgan fingerprint density at radius 3 is 2.46 bits per heavy atom. The summed E-state index contributed by atoms with van der Waals surface area (Å²) in [6.45, 7) is 3.33. The van der Waals surface area contributed by atoms with E-state index in [1.807, 2.05) is 0 Å². The standard InChI is InChI=1S/C19H19Cl2FN2O2/c1-19(2,18(26)24-15-5-3-4-14(22)11-15)17(25)23-9-8-12-6-7-13(20)10-16(12)21/h3-7,10-11H,8-9H2,1-2H3,(H,23,25)(H,24,26). The Morgan fingerprint density at radius 1 is 1.08 bits per heavy atom. The van der Waals surface area contributed by atoms with Crippen LogP contribution in [0.3, 0.4) is 0 Å². The van der Waals surface area contributed by atoms with Gasteiger partial charge in [0.1, 0.15) is 11.2 Å². The van der Waals surface area contributed by atoms with Gasteiger partial charge < -0.3 is 10.6 Å². The highest BCUT2D eigenvalue weighted by atomic mass is 35.5. The zero-order valence-corrected chi connectivity index (χ0v) is 15.9. The zero-order valence-electron chi connectivity index (χ0n) is 14.4. The normalized spacial score (nSPS) is 11.1. The average Bonchev–Trinajstić information content (AvgIpc) is 2.56. The maximum Gasteiger partial charge on any atom is 0.239 e. The van der Waals surface area contributed by atoms with Crippen molar-refractivity contribution in [2.24, 2.45) is 5.41 Å². The van der Waals surface area contributed by atoms with Crippen molar-refractivity contribution in [3.63, 3.8) is 0 Å². The second-order valence-electron chi connectivity index (χ2n) is 6.33. The summed E-state index contributed by atoms with van der Waals surface area (Å²) < 4.78 is 13.2. The highest BCUT2D eigenvalue weighted by Crippen LogP contribution is 2.22. The average molecular weight is 397 g/mol. The van der Waals surface area contributed by atoms with E-state index in [1.54, 1.807) is 24.3 Å². The number of carbonyl (C=O) groups excluding carboxylic acids is 2. The predicted molar refractivity (Wildman–Crippen MR) is 102 cm³/mol. The molecule has 0 aliphatic heterocycles. The Bertz CT molecular complexity index is 825. The van der Waals surface area contributed by atoms with E-state index in [9.17, 15) is 14.0 Å². The molecule has 138 valence electrons. The van der Waals surface area contributed by atoms with Crippen molar-refractivity contribution in [2.75, 3.05) is 11.9 Å². The minimum Gasteiger partial charge on any atom is -0.355 e. The molecule has 26 heavy (non-hydrogen) atoms. The summed E-state index contributed by atoms with van der Waals surface area (Å²) in [6.07, 6.45) is 0.503. The molecular weight excluding hydrogens is 378 g/mol. The van der Waals surface area contributed by atoms with Gasteiger partial charge in [0.05, 0.1) is 0 Å². The Morgan fingerprint density at radius 2 is 1.81 bits per heavy atom. The van der Waals surface area contributed by atoms with Gasteiger partial charge in [-0.2, -0.15) is 0 Å². The zero-order chi connectivity index (χ0) is 19.3. The number of rotatable bonds is 6. The van der Waals surface area contributed by atoms with E-state index >= 15 is 0 Å². The monoisotopic (exact) mass is 396 g/mol. The van der Waals surface area contributed by atoms with Crippen LogP contribution >= 0.6 is 23.2 Å². The number of anilines is 1. The second kappa shape index (κ2) is 8.52. The summed E-state index contributed by atoms with van der Waals surface area (Å²) in [5.41, 5.74) is -0.182. The number of hydrogen-bond donors (Lipinski definition) is 2. The van der Waals surface area contributed by atoms with Crippen LogP contribution in [0, 0.1) is 11.2 Å². The van der Waals surface area contributed by atoms with E-state index in [4.69, 9.17) is 23.2 Å². The third kappa shape index (κ3) is 5.19. The van der Waals surface area contributed by atoms with Crippen molar-refractivity contribution < 1.29 is 14.0 Å². The fourth-order valence-corrected chi connectivity index (χ4v) is 2.72. The molecule has 2 aromatic carbocycles. The maximum absolute atomic E-state index is 13.2. The lowest BCUT2D eigenvalue weighted by atomic mass is 9.91. The first kappa shape index (κ1) is 20.2. The van der Waals surface area contributed by atoms with Crippen molar-refractivity contribution in [3.8, 4) is 0 Å². The molecule has 0 radical (unpaired) electrons. The van der Waals surface area contributed by atoms with E-state index in [-0.39, 0.29) is 0 Å². The molecule has 0 aliphatic rings. The third-order valence-corrected chi connectivity index (χ3v) is 4.50. The fraction of sp³-hybridized carbons (Fsp3) is 0.263. The number of carbonyl (C=O) groups is 2. The van der Waals surface area contributed by atoms with Gasteiger partial charge in [-0.1, -0.05) is 35.3 Å². The lowest BCUT2D eigenvalue weighted by Crippen LogP contribution is -2.45. The van der Waals surface area contributed by atoms with Gasteiger partial charge in [0.2, 0.25) is 11.8 Å². The van der Waals surface area contributed by atoms with Crippen molar-refractivity contribution in [1.82, 2.24) is 5.32 Å². The maximum atomic E-state index is 13.2. The molecule has 2 amide bonds. The lowest BCUT2D eigenvalue weighted by molar-refractivity contribution is -0.138. The van der Waals surface area contributed by atoms with Gasteiger partial charge in [0.15, 0.2) is 0 Å². The van der Waals surface area contributed by atoms with Gasteiger partial charge in [0.25, 0.3) is 0 Å². The van der Waals surface area contributed by atoms with Gasteiger partial charge in [-0.15, -0.1) is 0 Å². The topological polar surface area (TPSA) is 58.2 Å². The molecule has 4 nitrogen and oxygen atoms in total. The van der Waals surface area contributed by atoms with Crippen molar-refractivity contribution in [2.45, 2.75) is 20.3 Å². The van der Waals surface area contributed by atoms with Crippen LogP contribution in [-0.2, 0) is 16.0 Å². The van der Waals surface area contributed by atoms with Crippen LogP contribution in [0.1, 0.15) is 19.4 Å². The summed E-state index contributed by atoms with van der Waals surface area (Å²) in [4.78, 5) is 24.8. The molecule has 0 spiro atoms. The Balaban J connectivity index is 1.93. The van der Waals surface area contributed by atoms with E-state index < -0.39 is 23.0 Å². The van der Waals surface area contributed by atoms with E-state index in [0.717, 1.165) is 5.56 Å². The molecule has 7 heteroatoms. The molecule has 2 aromatic rings. The SMILES string of the molecule is CC(C)(C(=O)NCCc1ccc(Cl)cc1Cl)C(=O)Nc1cccc(F)c1. The van der Waals surface area contributed by atoms with Crippen molar-refractivity contribution in [1.29, 1.82) is 0 Å². The molecule has 0 saturated carbocycles. The molecule has 0 heterocycles. The molecule has 0 unspecified atom stereocenters. The summed E-state index contributed by atoms with van der Waals surface area (Å²) in [5, 5.41) is 6.34. The Labute approximate surface area is 161 Å². The van der Waals surface area contributed by atoms with E-state index in [0.29, 0.717) is 28.7 Å². The minimum atomic E-state index is -1.32. The molecule has 0 atom stereocenters. The highest BCUT2D eigenvalue weighted by molar-refractivity contribution is 6.35. The number of benzene rings is 2. The minimum absolute atomic E-state index is 0.295. The largest absolute Gasteiger partial charge is 0.355 e. The quantitative estimate of drug-likeness (QED) is 0.708. The van der Waals surface area contributed by atoms with Crippen molar-refractivity contribution in [3.05, 3.63) is 63.9 Å². The smallest absolute Gasteiger partial charge is 0.239 e. The molecule has 0 saturated heterocycles. The first-order chi connectivity index (χ1) is 12.2. The lowest BCUT2D eigenvalue weighted by Gasteiger charge is -2.23. The van der Waals surface area contributed by atoms with Gasteiger partial charge in [-0.3, -0.25) is 9.59 Å². The van der Waals surface area contributed by atoms with Crippen LogP contribution in [-0.4, -0.2) is 18.4 Å². The van der Waals surface area contributed by atoms with Crippen LogP contribution in [0.15, 0.2) is 42.5 Å².